The summed E-state index contributed by atoms with van der Waals surface area (Å²) in [5.41, 5.74) is 4.60. The van der Waals surface area contributed by atoms with E-state index in [1.165, 1.54) is 0 Å². The minimum atomic E-state index is -0.842. The number of nitrogens with zero attached hydrogens (tertiary/aromatic N) is 1. The molecule has 2 atom stereocenters. The van der Waals surface area contributed by atoms with Gasteiger partial charge in [0.2, 0.25) is 5.91 Å². The lowest BCUT2D eigenvalue weighted by atomic mass is 9.98. The number of carboxylic acid groups (broad SMARTS) is 1. The summed E-state index contributed by atoms with van der Waals surface area (Å²) >= 11 is 0. The highest BCUT2D eigenvalue weighted by Crippen LogP contribution is 2.44. The number of benzene rings is 2. The summed E-state index contributed by atoms with van der Waals surface area (Å²) < 4.78 is 11.1. The standard InChI is InChI=1S/C26H30N2O6/c1-28(13-7-6-12-24(29)30)25(31)22-14-33-16-23(22)27-26(32)34-15-21-19-10-4-2-8-17(19)18-9-3-5-11-20(18)21/h2-5,8-11,21-23H,6-7,12-16H2,1H3,(H,27,32)(H,29,30). The number of ether oxygens (including phenoxy) is 2. The van der Waals surface area contributed by atoms with Crippen LogP contribution in [0.1, 0.15) is 36.3 Å². The van der Waals surface area contributed by atoms with Crippen LogP contribution in [0.5, 0.6) is 0 Å². The highest BCUT2D eigenvalue weighted by Gasteiger charge is 2.37. The summed E-state index contributed by atoms with van der Waals surface area (Å²) in [7, 11) is 1.69. The van der Waals surface area contributed by atoms with Gasteiger partial charge >= 0.3 is 12.1 Å². The number of amides is 2. The zero-order valence-corrected chi connectivity index (χ0v) is 19.2. The maximum absolute atomic E-state index is 12.8. The van der Waals surface area contributed by atoms with E-state index in [0.717, 1.165) is 22.3 Å². The Hall–Kier alpha value is -3.39. The Kier molecular flexibility index (Phi) is 7.47. The van der Waals surface area contributed by atoms with Crippen molar-refractivity contribution in [3.63, 3.8) is 0 Å². The van der Waals surface area contributed by atoms with Crippen LogP contribution in [0.4, 0.5) is 4.79 Å². The summed E-state index contributed by atoms with van der Waals surface area (Å²) in [6, 6.07) is 15.8. The van der Waals surface area contributed by atoms with E-state index < -0.39 is 24.0 Å². The van der Waals surface area contributed by atoms with Gasteiger partial charge in [0.1, 0.15) is 6.61 Å². The van der Waals surface area contributed by atoms with E-state index in [0.29, 0.717) is 19.4 Å². The van der Waals surface area contributed by atoms with Crippen LogP contribution in [0.15, 0.2) is 48.5 Å². The van der Waals surface area contributed by atoms with Crippen molar-refractivity contribution >= 4 is 18.0 Å². The van der Waals surface area contributed by atoms with E-state index >= 15 is 0 Å². The summed E-state index contributed by atoms with van der Waals surface area (Å²) in [6.45, 7) is 1.13. The molecule has 2 aromatic carbocycles. The number of hydrogen-bond donors (Lipinski definition) is 2. The molecule has 1 heterocycles. The van der Waals surface area contributed by atoms with Crippen molar-refractivity contribution in [2.45, 2.75) is 31.2 Å². The van der Waals surface area contributed by atoms with Gasteiger partial charge in [-0.1, -0.05) is 48.5 Å². The molecule has 2 aliphatic rings. The third-order valence-electron chi connectivity index (χ3n) is 6.56. The van der Waals surface area contributed by atoms with Crippen molar-refractivity contribution in [3.8, 4) is 11.1 Å². The first kappa shape index (κ1) is 23.8. The fourth-order valence-electron chi connectivity index (χ4n) is 4.75. The monoisotopic (exact) mass is 466 g/mol. The maximum Gasteiger partial charge on any atom is 0.407 e. The van der Waals surface area contributed by atoms with Crippen LogP contribution in [0.25, 0.3) is 11.1 Å². The van der Waals surface area contributed by atoms with Crippen LogP contribution >= 0.6 is 0 Å². The minimum absolute atomic E-state index is 0.0349. The number of carboxylic acids is 1. The molecular weight excluding hydrogens is 436 g/mol. The molecule has 1 aliphatic carbocycles. The van der Waals surface area contributed by atoms with E-state index in [9.17, 15) is 14.4 Å². The average molecular weight is 467 g/mol. The van der Waals surface area contributed by atoms with Gasteiger partial charge in [-0.2, -0.15) is 0 Å². The molecule has 2 aromatic rings. The molecule has 0 spiro atoms. The fraction of sp³-hybridized carbons (Fsp3) is 0.423. The first-order valence-electron chi connectivity index (χ1n) is 11.6. The number of nitrogens with one attached hydrogen (secondary N) is 1. The SMILES string of the molecule is CN(CCCCC(=O)O)C(=O)C1COCC1NC(=O)OCC1c2ccccc2-c2ccccc21. The van der Waals surface area contributed by atoms with Gasteiger partial charge in [0.05, 0.1) is 25.2 Å². The molecule has 0 saturated carbocycles. The second kappa shape index (κ2) is 10.7. The van der Waals surface area contributed by atoms with Crippen molar-refractivity contribution in [2.24, 2.45) is 5.92 Å². The van der Waals surface area contributed by atoms with Crippen molar-refractivity contribution < 1.29 is 29.0 Å². The molecule has 2 N–H and O–H groups in total. The van der Waals surface area contributed by atoms with Crippen LogP contribution in [0.3, 0.4) is 0 Å². The molecule has 0 aromatic heterocycles. The number of unbranched alkanes of at least 4 members (excludes halogenated alkanes) is 1. The van der Waals surface area contributed by atoms with Gasteiger partial charge in [-0.15, -0.1) is 0 Å². The molecule has 1 fully saturated rings. The average Bonchev–Trinajstić information content (AvgIpc) is 3.42. The van der Waals surface area contributed by atoms with Crippen LogP contribution in [0, 0.1) is 5.92 Å². The van der Waals surface area contributed by atoms with Gasteiger partial charge in [-0.05, 0) is 35.1 Å². The predicted molar refractivity (Wildman–Crippen MR) is 125 cm³/mol. The van der Waals surface area contributed by atoms with Gasteiger partial charge in [-0.25, -0.2) is 4.79 Å². The Labute approximate surface area is 198 Å². The third-order valence-corrected chi connectivity index (χ3v) is 6.56. The van der Waals surface area contributed by atoms with Gasteiger partial charge < -0.3 is 24.8 Å². The van der Waals surface area contributed by atoms with E-state index in [1.54, 1.807) is 11.9 Å². The van der Waals surface area contributed by atoms with E-state index in [2.05, 4.69) is 29.6 Å². The zero-order chi connectivity index (χ0) is 24.1. The topological polar surface area (TPSA) is 105 Å². The molecule has 8 nitrogen and oxygen atoms in total. The number of carbonyl (C=O) groups excluding carboxylic acids is 2. The Balaban J connectivity index is 1.31. The predicted octanol–water partition coefficient (Wildman–Crippen LogP) is 3.25. The molecular formula is C26H30N2O6. The quantitative estimate of drug-likeness (QED) is 0.550. The molecule has 34 heavy (non-hydrogen) atoms. The summed E-state index contributed by atoms with van der Waals surface area (Å²) in [4.78, 5) is 37.7. The molecule has 2 amide bonds. The lowest BCUT2D eigenvalue weighted by Gasteiger charge is -2.24. The minimum Gasteiger partial charge on any atom is -0.481 e. The second-order valence-corrected chi connectivity index (χ2v) is 8.83. The van der Waals surface area contributed by atoms with Crippen LogP contribution < -0.4 is 5.32 Å². The number of alkyl carbamates (subject to hydrolysis) is 1. The van der Waals surface area contributed by atoms with Crippen LogP contribution in [-0.4, -0.2) is 67.4 Å². The number of rotatable bonds is 9. The number of fused-ring (bicyclic) bond motifs is 3. The Morgan fingerprint density at radius 2 is 1.68 bits per heavy atom. The Morgan fingerprint density at radius 3 is 2.32 bits per heavy atom. The van der Waals surface area contributed by atoms with Crippen LogP contribution in [0.2, 0.25) is 0 Å². The first-order valence-corrected chi connectivity index (χ1v) is 11.6. The number of hydrogen-bond acceptors (Lipinski definition) is 5. The lowest BCUT2D eigenvalue weighted by Crippen LogP contribution is -2.47. The maximum atomic E-state index is 12.8. The Morgan fingerprint density at radius 1 is 1.03 bits per heavy atom. The highest BCUT2D eigenvalue weighted by molar-refractivity contribution is 5.81. The smallest absolute Gasteiger partial charge is 0.407 e. The van der Waals surface area contributed by atoms with Crippen molar-refractivity contribution in [1.29, 1.82) is 0 Å². The largest absolute Gasteiger partial charge is 0.481 e. The second-order valence-electron chi connectivity index (χ2n) is 8.83. The van der Waals surface area contributed by atoms with E-state index in [1.807, 2.05) is 24.3 Å². The van der Waals surface area contributed by atoms with E-state index in [4.69, 9.17) is 14.6 Å². The van der Waals surface area contributed by atoms with Crippen molar-refractivity contribution in [3.05, 3.63) is 59.7 Å². The van der Waals surface area contributed by atoms with Gasteiger partial charge in [-0.3, -0.25) is 9.59 Å². The molecule has 0 radical (unpaired) electrons. The summed E-state index contributed by atoms with van der Waals surface area (Å²) in [6.07, 6.45) is 0.627. The summed E-state index contributed by atoms with van der Waals surface area (Å²) in [5, 5.41) is 11.5. The Bertz CT molecular complexity index is 1010. The molecule has 0 bridgehead atoms. The lowest BCUT2D eigenvalue weighted by molar-refractivity contribution is -0.137. The van der Waals surface area contributed by atoms with E-state index in [-0.39, 0.29) is 38.1 Å². The van der Waals surface area contributed by atoms with Gasteiger partial charge in [0.25, 0.3) is 0 Å². The zero-order valence-electron chi connectivity index (χ0n) is 19.2. The molecule has 1 saturated heterocycles. The summed E-state index contributed by atoms with van der Waals surface area (Å²) in [5.74, 6) is -1.50. The molecule has 1 aliphatic heterocycles. The molecule has 2 unspecified atom stereocenters. The third kappa shape index (κ3) is 5.22. The van der Waals surface area contributed by atoms with Crippen molar-refractivity contribution in [2.75, 3.05) is 33.4 Å². The van der Waals surface area contributed by atoms with Crippen molar-refractivity contribution in [1.82, 2.24) is 10.2 Å². The fourth-order valence-corrected chi connectivity index (χ4v) is 4.75. The molecule has 4 rings (SSSR count). The molecule has 8 heteroatoms. The van der Waals surface area contributed by atoms with Gasteiger partial charge in [0, 0.05) is 25.9 Å². The van der Waals surface area contributed by atoms with Crippen LogP contribution in [-0.2, 0) is 19.1 Å². The number of carbonyl (C=O) groups is 3. The normalized spacial score (nSPS) is 18.7. The highest BCUT2D eigenvalue weighted by atomic mass is 16.5. The first-order chi connectivity index (χ1) is 16.5. The molecule has 180 valence electrons. The number of aliphatic carboxylic acids is 1. The van der Waals surface area contributed by atoms with Gasteiger partial charge in [0.15, 0.2) is 0 Å².